The number of ketones is 2. The van der Waals surface area contributed by atoms with Crippen molar-refractivity contribution in [2.45, 2.75) is 26.2 Å². The number of ether oxygens (including phenoxy) is 3. The first kappa shape index (κ1) is 21.3. The van der Waals surface area contributed by atoms with Crippen LogP contribution < -0.4 is 4.74 Å². The normalized spacial score (nSPS) is 13.1. The quantitative estimate of drug-likeness (QED) is 0.458. The Morgan fingerprint density at radius 1 is 0.867 bits per heavy atom. The van der Waals surface area contributed by atoms with Gasteiger partial charge in [-0.3, -0.25) is 9.59 Å². The summed E-state index contributed by atoms with van der Waals surface area (Å²) in [6.45, 7) is 1.97. The first-order chi connectivity index (χ1) is 14.6. The second-order valence-electron chi connectivity index (χ2n) is 6.88. The molecule has 0 atom stereocenters. The molecule has 1 aliphatic carbocycles. The number of hydrogen-bond donors (Lipinski definition) is 0. The third-order valence-electron chi connectivity index (χ3n) is 4.90. The van der Waals surface area contributed by atoms with E-state index >= 15 is 0 Å². The van der Waals surface area contributed by atoms with E-state index in [1.165, 1.54) is 0 Å². The minimum Gasteiger partial charge on any atom is -0.497 e. The summed E-state index contributed by atoms with van der Waals surface area (Å²) in [6, 6.07) is 13.5. The Morgan fingerprint density at radius 3 is 2.17 bits per heavy atom. The molecule has 2 aromatic rings. The van der Waals surface area contributed by atoms with Crippen LogP contribution in [0.15, 0.2) is 54.1 Å². The van der Waals surface area contributed by atoms with Gasteiger partial charge in [-0.2, -0.15) is 0 Å². The molecular weight excluding hydrogens is 384 g/mol. The van der Waals surface area contributed by atoms with Crippen LogP contribution in [-0.2, 0) is 9.47 Å². The van der Waals surface area contributed by atoms with Gasteiger partial charge >= 0.3 is 6.16 Å². The Kier molecular flexibility index (Phi) is 7.01. The number of fused-ring (bicyclic) bond motifs is 1. The largest absolute Gasteiger partial charge is 0.508 e. The minimum absolute atomic E-state index is 0.134. The number of carbonyl (C=O) groups is 3. The molecule has 0 aromatic heterocycles. The van der Waals surface area contributed by atoms with Crippen molar-refractivity contribution in [1.29, 1.82) is 0 Å². The fourth-order valence-corrected chi connectivity index (χ4v) is 3.31. The van der Waals surface area contributed by atoms with E-state index < -0.39 is 6.16 Å². The first-order valence-electron chi connectivity index (χ1n) is 9.92. The van der Waals surface area contributed by atoms with E-state index in [4.69, 9.17) is 14.2 Å². The van der Waals surface area contributed by atoms with Crippen molar-refractivity contribution < 1.29 is 28.6 Å². The summed E-state index contributed by atoms with van der Waals surface area (Å²) in [5, 5.41) is 0. The van der Waals surface area contributed by atoms with Gasteiger partial charge in [0.1, 0.15) is 12.4 Å². The van der Waals surface area contributed by atoms with Gasteiger partial charge in [0.05, 0.1) is 13.7 Å². The standard InChI is InChI=1S/C24H24O6/c1-3-4-7-14-29-24(27)30-15-20-21(16-10-12-17(28-2)13-11-16)23(26)19-9-6-5-8-18(19)22(20)25/h5-6,8-13H,3-4,7,14-15H2,1-2H3. The molecule has 0 radical (unpaired) electrons. The molecule has 0 heterocycles. The van der Waals surface area contributed by atoms with Gasteiger partial charge in [-0.05, 0) is 24.1 Å². The van der Waals surface area contributed by atoms with Crippen LogP contribution in [-0.4, -0.2) is 38.0 Å². The van der Waals surface area contributed by atoms with Crippen molar-refractivity contribution in [3.05, 3.63) is 70.8 Å². The molecule has 6 nitrogen and oxygen atoms in total. The zero-order valence-corrected chi connectivity index (χ0v) is 17.1. The topological polar surface area (TPSA) is 78.9 Å². The molecule has 0 bridgehead atoms. The molecule has 0 saturated heterocycles. The van der Waals surface area contributed by atoms with E-state index in [-0.39, 0.29) is 35.9 Å². The Hall–Kier alpha value is -3.41. The Balaban J connectivity index is 1.90. The fourth-order valence-electron chi connectivity index (χ4n) is 3.31. The zero-order valence-electron chi connectivity index (χ0n) is 17.1. The third-order valence-corrected chi connectivity index (χ3v) is 4.90. The highest BCUT2D eigenvalue weighted by molar-refractivity contribution is 6.40. The molecule has 0 unspecified atom stereocenters. The van der Waals surface area contributed by atoms with Crippen molar-refractivity contribution in [3.63, 3.8) is 0 Å². The Morgan fingerprint density at radius 2 is 1.53 bits per heavy atom. The number of benzene rings is 2. The number of Topliss-reactive ketones (excluding diaryl/α,β-unsaturated/α-hetero) is 2. The van der Waals surface area contributed by atoms with Crippen molar-refractivity contribution in [2.24, 2.45) is 0 Å². The molecule has 2 aromatic carbocycles. The highest BCUT2D eigenvalue weighted by atomic mass is 16.7. The van der Waals surface area contributed by atoms with Crippen LogP contribution in [0.2, 0.25) is 0 Å². The Bertz CT molecular complexity index is 971. The highest BCUT2D eigenvalue weighted by Crippen LogP contribution is 2.33. The van der Waals surface area contributed by atoms with Crippen LogP contribution in [0.5, 0.6) is 5.75 Å². The molecular formula is C24H24O6. The average molecular weight is 408 g/mol. The van der Waals surface area contributed by atoms with Crippen LogP contribution in [0, 0.1) is 0 Å². The van der Waals surface area contributed by atoms with Crippen LogP contribution in [0.25, 0.3) is 5.57 Å². The monoisotopic (exact) mass is 408 g/mol. The van der Waals surface area contributed by atoms with Gasteiger partial charge in [0.2, 0.25) is 0 Å². The molecule has 0 aliphatic heterocycles. The maximum absolute atomic E-state index is 13.2. The van der Waals surface area contributed by atoms with Gasteiger partial charge < -0.3 is 14.2 Å². The maximum atomic E-state index is 13.2. The molecule has 0 N–H and O–H groups in total. The zero-order chi connectivity index (χ0) is 21.5. The number of hydrogen-bond acceptors (Lipinski definition) is 6. The van der Waals surface area contributed by atoms with Gasteiger partial charge in [-0.1, -0.05) is 56.2 Å². The highest BCUT2D eigenvalue weighted by Gasteiger charge is 2.33. The summed E-state index contributed by atoms with van der Waals surface area (Å²) in [7, 11) is 1.55. The molecule has 1 aliphatic rings. The molecule has 156 valence electrons. The van der Waals surface area contributed by atoms with E-state index in [9.17, 15) is 14.4 Å². The predicted octanol–water partition coefficient (Wildman–Crippen LogP) is 4.87. The first-order valence-corrected chi connectivity index (χ1v) is 9.92. The summed E-state index contributed by atoms with van der Waals surface area (Å²) in [5.41, 5.74) is 1.54. The fraction of sp³-hybridized carbons (Fsp3) is 0.292. The van der Waals surface area contributed by atoms with Crippen LogP contribution in [0.4, 0.5) is 4.79 Å². The average Bonchev–Trinajstić information content (AvgIpc) is 2.78. The third kappa shape index (κ3) is 4.59. The van der Waals surface area contributed by atoms with Crippen molar-refractivity contribution in [3.8, 4) is 5.75 Å². The van der Waals surface area contributed by atoms with E-state index in [1.54, 1.807) is 55.6 Å². The molecule has 6 heteroatoms. The summed E-state index contributed by atoms with van der Waals surface area (Å²) < 4.78 is 15.4. The molecule has 0 spiro atoms. The number of methoxy groups -OCH3 is 1. The number of unbranched alkanes of at least 4 members (excludes halogenated alkanes) is 2. The van der Waals surface area contributed by atoms with Crippen LogP contribution in [0.1, 0.15) is 52.5 Å². The van der Waals surface area contributed by atoms with Crippen LogP contribution >= 0.6 is 0 Å². The van der Waals surface area contributed by atoms with Gasteiger partial charge in [0.25, 0.3) is 0 Å². The van der Waals surface area contributed by atoms with Crippen LogP contribution in [0.3, 0.4) is 0 Å². The lowest BCUT2D eigenvalue weighted by atomic mass is 9.81. The number of allylic oxidation sites excluding steroid dienone is 1. The van der Waals surface area contributed by atoms with Gasteiger partial charge in [0, 0.05) is 22.3 Å². The van der Waals surface area contributed by atoms with Gasteiger partial charge in [0.15, 0.2) is 11.6 Å². The minimum atomic E-state index is -0.855. The molecule has 0 amide bonds. The van der Waals surface area contributed by atoms with Gasteiger partial charge in [-0.15, -0.1) is 0 Å². The Labute approximate surface area is 175 Å². The molecule has 0 fully saturated rings. The lowest BCUT2D eigenvalue weighted by Crippen LogP contribution is -2.25. The summed E-state index contributed by atoms with van der Waals surface area (Å²) >= 11 is 0. The second kappa shape index (κ2) is 9.87. The summed E-state index contributed by atoms with van der Waals surface area (Å²) in [5.74, 6) is 0.00266. The lowest BCUT2D eigenvalue weighted by Gasteiger charge is -2.21. The number of rotatable bonds is 8. The second-order valence-corrected chi connectivity index (χ2v) is 6.88. The van der Waals surface area contributed by atoms with Gasteiger partial charge in [-0.25, -0.2) is 4.79 Å². The van der Waals surface area contributed by atoms with Crippen molar-refractivity contribution in [1.82, 2.24) is 0 Å². The smallest absolute Gasteiger partial charge is 0.497 e. The van der Waals surface area contributed by atoms with E-state index in [0.717, 1.165) is 19.3 Å². The number of carbonyl (C=O) groups excluding carboxylic acids is 3. The summed E-state index contributed by atoms with van der Waals surface area (Å²) in [4.78, 5) is 38.2. The lowest BCUT2D eigenvalue weighted by molar-refractivity contribution is 0.0593. The maximum Gasteiger partial charge on any atom is 0.508 e. The van der Waals surface area contributed by atoms with E-state index in [2.05, 4.69) is 6.92 Å². The van der Waals surface area contributed by atoms with E-state index in [1.807, 2.05) is 0 Å². The van der Waals surface area contributed by atoms with E-state index in [0.29, 0.717) is 22.4 Å². The van der Waals surface area contributed by atoms with Crippen molar-refractivity contribution >= 4 is 23.3 Å². The predicted molar refractivity (Wildman–Crippen MR) is 112 cm³/mol. The molecule has 3 rings (SSSR count). The molecule has 0 saturated carbocycles. The summed E-state index contributed by atoms with van der Waals surface area (Å²) in [6.07, 6.45) is 1.85. The van der Waals surface area contributed by atoms with Crippen molar-refractivity contribution in [2.75, 3.05) is 20.3 Å². The SMILES string of the molecule is CCCCCOC(=O)OCC1=C(c2ccc(OC)cc2)C(=O)c2ccccc2C1=O. The molecule has 30 heavy (non-hydrogen) atoms.